The number of hydrogen-bond acceptors (Lipinski definition) is 4. The molecule has 0 bridgehead atoms. The molecular weight excluding hydrogens is 238 g/mol. The van der Waals surface area contributed by atoms with E-state index in [-0.39, 0.29) is 12.3 Å². The first-order valence-corrected chi connectivity index (χ1v) is 5.39. The second-order valence-corrected chi connectivity index (χ2v) is 4.54. The molecular formula is C9H10ClNO3S. The van der Waals surface area contributed by atoms with E-state index in [1.165, 1.54) is 18.4 Å². The van der Waals surface area contributed by atoms with E-state index in [0.29, 0.717) is 10.9 Å². The van der Waals surface area contributed by atoms with Crippen LogP contribution in [0.2, 0.25) is 4.34 Å². The van der Waals surface area contributed by atoms with Gasteiger partial charge in [0, 0.05) is 4.88 Å². The molecule has 6 heteroatoms. The summed E-state index contributed by atoms with van der Waals surface area (Å²) < 4.78 is 5.03. The number of methoxy groups -OCH3 is 1. The van der Waals surface area contributed by atoms with Crippen LogP contribution < -0.4 is 5.32 Å². The summed E-state index contributed by atoms with van der Waals surface area (Å²) in [6.07, 6.45) is -0.254. The average Bonchev–Trinajstić information content (AvgIpc) is 2.61. The van der Waals surface area contributed by atoms with Gasteiger partial charge in [-0.2, -0.15) is 0 Å². The molecule has 0 spiro atoms. The van der Waals surface area contributed by atoms with E-state index >= 15 is 0 Å². The first kappa shape index (κ1) is 12.0. The SMILES string of the molecule is COC(=O)CC(=O)NCc1ccc(Cl)s1. The lowest BCUT2D eigenvalue weighted by atomic mass is 10.4. The van der Waals surface area contributed by atoms with Crippen molar-refractivity contribution in [2.24, 2.45) is 0 Å². The van der Waals surface area contributed by atoms with E-state index < -0.39 is 5.97 Å². The van der Waals surface area contributed by atoms with Gasteiger partial charge < -0.3 is 10.1 Å². The van der Waals surface area contributed by atoms with Gasteiger partial charge >= 0.3 is 5.97 Å². The molecule has 0 aliphatic rings. The Kier molecular flexibility index (Phi) is 4.58. The molecule has 1 N–H and O–H groups in total. The normalized spacial score (nSPS) is 9.73. The number of rotatable bonds is 4. The van der Waals surface area contributed by atoms with Crippen LogP contribution in [0.15, 0.2) is 12.1 Å². The molecule has 15 heavy (non-hydrogen) atoms. The highest BCUT2D eigenvalue weighted by molar-refractivity contribution is 7.16. The summed E-state index contributed by atoms with van der Waals surface area (Å²) in [5.74, 6) is -0.900. The van der Waals surface area contributed by atoms with Crippen molar-refractivity contribution < 1.29 is 14.3 Å². The lowest BCUT2D eigenvalue weighted by Crippen LogP contribution is -2.25. The fraction of sp³-hybridized carbons (Fsp3) is 0.333. The molecule has 0 saturated heterocycles. The van der Waals surface area contributed by atoms with Crippen LogP contribution in [0.1, 0.15) is 11.3 Å². The number of thiophene rings is 1. The molecule has 0 aliphatic heterocycles. The Hall–Kier alpha value is -1.07. The van der Waals surface area contributed by atoms with Gasteiger partial charge in [-0.3, -0.25) is 9.59 Å². The number of carbonyl (C=O) groups is 2. The number of hydrogen-bond donors (Lipinski definition) is 1. The first-order chi connectivity index (χ1) is 7.11. The highest BCUT2D eigenvalue weighted by Gasteiger charge is 2.08. The number of amides is 1. The predicted octanol–water partition coefficient (Wildman–Crippen LogP) is 1.58. The number of halogens is 1. The van der Waals surface area contributed by atoms with E-state index in [1.807, 2.05) is 6.07 Å². The minimum absolute atomic E-state index is 0.254. The van der Waals surface area contributed by atoms with Crippen molar-refractivity contribution in [3.63, 3.8) is 0 Å². The Balaban J connectivity index is 2.31. The number of ether oxygens (including phenoxy) is 1. The predicted molar refractivity (Wildman–Crippen MR) is 57.8 cm³/mol. The van der Waals surface area contributed by atoms with Gasteiger partial charge in [0.15, 0.2) is 0 Å². The lowest BCUT2D eigenvalue weighted by molar-refractivity contribution is -0.143. The van der Waals surface area contributed by atoms with Crippen LogP contribution in [-0.4, -0.2) is 19.0 Å². The molecule has 1 rings (SSSR count). The molecule has 0 radical (unpaired) electrons. The second kappa shape index (κ2) is 5.72. The smallest absolute Gasteiger partial charge is 0.315 e. The summed E-state index contributed by atoms with van der Waals surface area (Å²) in [5, 5.41) is 2.59. The van der Waals surface area contributed by atoms with Crippen LogP contribution in [0, 0.1) is 0 Å². The van der Waals surface area contributed by atoms with Crippen molar-refractivity contribution in [1.29, 1.82) is 0 Å². The van der Waals surface area contributed by atoms with E-state index in [0.717, 1.165) is 4.88 Å². The standard InChI is InChI=1S/C9H10ClNO3S/c1-14-9(13)4-8(12)11-5-6-2-3-7(10)15-6/h2-3H,4-5H2,1H3,(H,11,12). The summed E-state index contributed by atoms with van der Waals surface area (Å²) in [5.41, 5.74) is 0. The van der Waals surface area contributed by atoms with Crippen LogP contribution in [0.3, 0.4) is 0 Å². The van der Waals surface area contributed by atoms with E-state index in [9.17, 15) is 9.59 Å². The Labute approximate surface area is 96.2 Å². The Morgan fingerprint density at radius 1 is 1.53 bits per heavy atom. The summed E-state index contributed by atoms with van der Waals surface area (Å²) in [7, 11) is 1.24. The van der Waals surface area contributed by atoms with Crippen LogP contribution in [-0.2, 0) is 20.9 Å². The Morgan fingerprint density at radius 2 is 2.27 bits per heavy atom. The zero-order valence-corrected chi connectivity index (χ0v) is 9.65. The Morgan fingerprint density at radius 3 is 2.80 bits per heavy atom. The highest BCUT2D eigenvalue weighted by atomic mass is 35.5. The van der Waals surface area contributed by atoms with E-state index in [2.05, 4.69) is 10.1 Å². The molecule has 0 fully saturated rings. The van der Waals surface area contributed by atoms with Crippen molar-refractivity contribution in [3.8, 4) is 0 Å². The van der Waals surface area contributed by atoms with Gasteiger partial charge in [0.25, 0.3) is 0 Å². The molecule has 1 aromatic rings. The van der Waals surface area contributed by atoms with E-state index in [4.69, 9.17) is 11.6 Å². The molecule has 1 heterocycles. The number of carbonyl (C=O) groups excluding carboxylic acids is 2. The summed E-state index contributed by atoms with van der Waals surface area (Å²) in [6.45, 7) is 0.382. The summed E-state index contributed by atoms with van der Waals surface area (Å²) in [6, 6.07) is 3.58. The third kappa shape index (κ3) is 4.31. The fourth-order valence-corrected chi connectivity index (χ4v) is 1.93. The van der Waals surface area contributed by atoms with Gasteiger partial charge in [-0.25, -0.2) is 0 Å². The average molecular weight is 248 g/mol. The zero-order valence-electron chi connectivity index (χ0n) is 8.08. The molecule has 0 aromatic carbocycles. The number of esters is 1. The third-order valence-electron chi connectivity index (χ3n) is 1.62. The topological polar surface area (TPSA) is 55.4 Å². The molecule has 4 nitrogen and oxygen atoms in total. The molecule has 0 saturated carbocycles. The zero-order chi connectivity index (χ0) is 11.3. The van der Waals surface area contributed by atoms with Crippen molar-refractivity contribution in [2.45, 2.75) is 13.0 Å². The quantitative estimate of drug-likeness (QED) is 0.649. The van der Waals surface area contributed by atoms with Crippen molar-refractivity contribution in [1.82, 2.24) is 5.32 Å². The molecule has 1 aromatic heterocycles. The maximum absolute atomic E-state index is 11.2. The fourth-order valence-electron chi connectivity index (χ4n) is 0.898. The minimum atomic E-state index is -0.545. The molecule has 1 amide bonds. The van der Waals surface area contributed by atoms with Crippen LogP contribution in [0.5, 0.6) is 0 Å². The van der Waals surface area contributed by atoms with Crippen LogP contribution >= 0.6 is 22.9 Å². The molecule has 82 valence electrons. The molecule has 0 aliphatic carbocycles. The van der Waals surface area contributed by atoms with E-state index in [1.54, 1.807) is 6.07 Å². The van der Waals surface area contributed by atoms with Crippen LogP contribution in [0.25, 0.3) is 0 Å². The highest BCUT2D eigenvalue weighted by Crippen LogP contribution is 2.20. The number of nitrogens with one attached hydrogen (secondary N) is 1. The lowest BCUT2D eigenvalue weighted by Gasteiger charge is -2.01. The molecule has 0 unspecified atom stereocenters. The van der Waals surface area contributed by atoms with Gasteiger partial charge in [0.2, 0.25) is 5.91 Å². The second-order valence-electron chi connectivity index (χ2n) is 2.74. The van der Waals surface area contributed by atoms with Gasteiger partial charge in [0.05, 0.1) is 18.0 Å². The maximum atomic E-state index is 11.2. The van der Waals surface area contributed by atoms with Crippen molar-refractivity contribution in [3.05, 3.63) is 21.3 Å². The van der Waals surface area contributed by atoms with Gasteiger partial charge in [0.1, 0.15) is 6.42 Å². The van der Waals surface area contributed by atoms with Crippen LogP contribution in [0.4, 0.5) is 0 Å². The Bertz CT molecular complexity index is 364. The monoisotopic (exact) mass is 247 g/mol. The summed E-state index contributed by atoms with van der Waals surface area (Å²) >= 11 is 7.10. The largest absolute Gasteiger partial charge is 0.469 e. The summed E-state index contributed by atoms with van der Waals surface area (Å²) in [4.78, 5) is 22.8. The van der Waals surface area contributed by atoms with Crippen molar-refractivity contribution in [2.75, 3.05) is 7.11 Å². The third-order valence-corrected chi connectivity index (χ3v) is 2.85. The van der Waals surface area contributed by atoms with Gasteiger partial charge in [-0.05, 0) is 12.1 Å². The van der Waals surface area contributed by atoms with Crippen molar-refractivity contribution >= 4 is 34.8 Å². The first-order valence-electron chi connectivity index (χ1n) is 4.19. The minimum Gasteiger partial charge on any atom is -0.469 e. The van der Waals surface area contributed by atoms with Gasteiger partial charge in [-0.1, -0.05) is 11.6 Å². The molecule has 0 atom stereocenters. The van der Waals surface area contributed by atoms with Gasteiger partial charge in [-0.15, -0.1) is 11.3 Å². The maximum Gasteiger partial charge on any atom is 0.315 e.